The highest BCUT2D eigenvalue weighted by Gasteiger charge is 2.06. The SMILES string of the molecule is CCC(C)Nc1ccccc1OCC(=O)O. The molecule has 1 aromatic carbocycles. The lowest BCUT2D eigenvalue weighted by Gasteiger charge is -2.16. The Morgan fingerprint density at radius 2 is 2.19 bits per heavy atom. The number of aliphatic carboxylic acids is 1. The van der Waals surface area contributed by atoms with Gasteiger partial charge in [0.1, 0.15) is 5.75 Å². The lowest BCUT2D eigenvalue weighted by molar-refractivity contribution is -0.139. The van der Waals surface area contributed by atoms with Crippen molar-refractivity contribution < 1.29 is 14.6 Å². The zero-order valence-corrected chi connectivity index (χ0v) is 9.56. The van der Waals surface area contributed by atoms with Crippen LogP contribution in [0.2, 0.25) is 0 Å². The van der Waals surface area contributed by atoms with E-state index in [1.54, 1.807) is 6.07 Å². The Morgan fingerprint density at radius 1 is 1.50 bits per heavy atom. The fraction of sp³-hybridized carbons (Fsp3) is 0.417. The van der Waals surface area contributed by atoms with Crippen LogP contribution in [-0.4, -0.2) is 23.7 Å². The number of carbonyl (C=O) groups is 1. The van der Waals surface area contributed by atoms with Gasteiger partial charge in [0.05, 0.1) is 5.69 Å². The molecule has 0 bridgehead atoms. The van der Waals surface area contributed by atoms with Crippen LogP contribution >= 0.6 is 0 Å². The Labute approximate surface area is 95.2 Å². The average Bonchev–Trinajstić information content (AvgIpc) is 2.27. The largest absolute Gasteiger partial charge is 0.480 e. The van der Waals surface area contributed by atoms with Crippen LogP contribution in [0.25, 0.3) is 0 Å². The van der Waals surface area contributed by atoms with Crippen molar-refractivity contribution in [3.8, 4) is 5.75 Å². The first-order valence-corrected chi connectivity index (χ1v) is 5.33. The van der Waals surface area contributed by atoms with Gasteiger partial charge in [-0.05, 0) is 25.5 Å². The third kappa shape index (κ3) is 3.81. The Morgan fingerprint density at radius 3 is 2.81 bits per heavy atom. The van der Waals surface area contributed by atoms with Crippen LogP contribution < -0.4 is 10.1 Å². The first-order valence-electron chi connectivity index (χ1n) is 5.33. The molecule has 0 aliphatic carbocycles. The summed E-state index contributed by atoms with van der Waals surface area (Å²) in [5, 5.41) is 11.8. The van der Waals surface area contributed by atoms with Crippen molar-refractivity contribution in [3.63, 3.8) is 0 Å². The number of benzene rings is 1. The molecule has 0 saturated heterocycles. The number of hydrogen-bond acceptors (Lipinski definition) is 3. The summed E-state index contributed by atoms with van der Waals surface area (Å²) in [6, 6.07) is 7.67. The molecule has 0 aliphatic rings. The molecule has 1 rings (SSSR count). The maximum absolute atomic E-state index is 10.4. The maximum atomic E-state index is 10.4. The van der Waals surface area contributed by atoms with Crippen LogP contribution in [0.4, 0.5) is 5.69 Å². The molecule has 16 heavy (non-hydrogen) atoms. The molecular formula is C12H17NO3. The molecular weight excluding hydrogens is 206 g/mol. The predicted octanol–water partition coefficient (Wildman–Crippen LogP) is 2.36. The number of ether oxygens (including phenoxy) is 1. The molecule has 0 fully saturated rings. The molecule has 0 spiro atoms. The molecule has 0 radical (unpaired) electrons. The molecule has 1 unspecified atom stereocenters. The molecule has 0 heterocycles. The monoisotopic (exact) mass is 223 g/mol. The van der Waals surface area contributed by atoms with E-state index in [-0.39, 0.29) is 6.61 Å². The summed E-state index contributed by atoms with van der Waals surface area (Å²) in [5.74, 6) is -0.399. The highest BCUT2D eigenvalue weighted by atomic mass is 16.5. The van der Waals surface area contributed by atoms with Gasteiger partial charge in [0.2, 0.25) is 0 Å². The lowest BCUT2D eigenvalue weighted by atomic mass is 10.2. The van der Waals surface area contributed by atoms with E-state index in [1.165, 1.54) is 0 Å². The molecule has 1 atom stereocenters. The fourth-order valence-corrected chi connectivity index (χ4v) is 1.22. The topological polar surface area (TPSA) is 58.6 Å². The lowest BCUT2D eigenvalue weighted by Crippen LogP contribution is -2.15. The van der Waals surface area contributed by atoms with Crippen LogP contribution in [0.1, 0.15) is 20.3 Å². The van der Waals surface area contributed by atoms with E-state index < -0.39 is 5.97 Å². The van der Waals surface area contributed by atoms with Crippen molar-refractivity contribution in [1.82, 2.24) is 0 Å². The smallest absolute Gasteiger partial charge is 0.341 e. The Kier molecular flexibility index (Phi) is 4.64. The van der Waals surface area contributed by atoms with Crippen LogP contribution in [0.5, 0.6) is 5.75 Å². The fourth-order valence-electron chi connectivity index (χ4n) is 1.22. The van der Waals surface area contributed by atoms with E-state index in [0.717, 1.165) is 12.1 Å². The minimum Gasteiger partial charge on any atom is -0.480 e. The summed E-state index contributed by atoms with van der Waals surface area (Å²) in [4.78, 5) is 10.4. The number of anilines is 1. The first kappa shape index (κ1) is 12.4. The van der Waals surface area contributed by atoms with Crippen molar-refractivity contribution in [2.45, 2.75) is 26.3 Å². The van der Waals surface area contributed by atoms with E-state index in [9.17, 15) is 4.79 Å². The second-order valence-electron chi connectivity index (χ2n) is 3.63. The zero-order chi connectivity index (χ0) is 12.0. The van der Waals surface area contributed by atoms with E-state index in [1.807, 2.05) is 18.2 Å². The number of para-hydroxylation sites is 2. The Balaban J connectivity index is 2.71. The van der Waals surface area contributed by atoms with E-state index in [4.69, 9.17) is 9.84 Å². The number of rotatable bonds is 6. The van der Waals surface area contributed by atoms with Crippen molar-refractivity contribution in [1.29, 1.82) is 0 Å². The van der Waals surface area contributed by atoms with Gasteiger partial charge in [0, 0.05) is 6.04 Å². The van der Waals surface area contributed by atoms with Crippen LogP contribution in [0.15, 0.2) is 24.3 Å². The van der Waals surface area contributed by atoms with Crippen LogP contribution in [0, 0.1) is 0 Å². The summed E-state index contributed by atoms with van der Waals surface area (Å²) in [6.45, 7) is 3.82. The summed E-state index contributed by atoms with van der Waals surface area (Å²) < 4.78 is 5.18. The predicted molar refractivity (Wildman–Crippen MR) is 62.9 cm³/mol. The second kappa shape index (κ2) is 6.00. The van der Waals surface area contributed by atoms with Crippen LogP contribution in [-0.2, 0) is 4.79 Å². The molecule has 88 valence electrons. The second-order valence-corrected chi connectivity index (χ2v) is 3.63. The quantitative estimate of drug-likeness (QED) is 0.777. The molecule has 2 N–H and O–H groups in total. The molecule has 0 saturated carbocycles. The van der Waals surface area contributed by atoms with Gasteiger partial charge >= 0.3 is 5.97 Å². The highest BCUT2D eigenvalue weighted by Crippen LogP contribution is 2.24. The molecule has 0 amide bonds. The minimum absolute atomic E-state index is 0.320. The number of hydrogen-bond donors (Lipinski definition) is 2. The summed E-state index contributed by atoms with van der Waals surface area (Å²) in [5.41, 5.74) is 0.832. The third-order valence-corrected chi connectivity index (χ3v) is 2.25. The minimum atomic E-state index is -0.974. The van der Waals surface area contributed by atoms with Gasteiger partial charge in [-0.2, -0.15) is 0 Å². The number of nitrogens with one attached hydrogen (secondary N) is 1. The van der Waals surface area contributed by atoms with E-state index >= 15 is 0 Å². The molecule has 0 aliphatic heterocycles. The van der Waals surface area contributed by atoms with Crippen molar-refractivity contribution in [2.24, 2.45) is 0 Å². The Hall–Kier alpha value is -1.71. The van der Waals surface area contributed by atoms with Gasteiger partial charge in [0.15, 0.2) is 6.61 Å². The van der Waals surface area contributed by atoms with Gasteiger partial charge < -0.3 is 15.2 Å². The number of carboxylic acid groups (broad SMARTS) is 1. The molecule has 1 aromatic rings. The van der Waals surface area contributed by atoms with Gasteiger partial charge in [0.25, 0.3) is 0 Å². The molecule has 4 heteroatoms. The van der Waals surface area contributed by atoms with Crippen molar-refractivity contribution in [2.75, 3.05) is 11.9 Å². The first-order chi connectivity index (χ1) is 7.63. The van der Waals surface area contributed by atoms with Gasteiger partial charge in [-0.3, -0.25) is 0 Å². The van der Waals surface area contributed by atoms with E-state index in [2.05, 4.69) is 19.2 Å². The average molecular weight is 223 g/mol. The van der Waals surface area contributed by atoms with Crippen molar-refractivity contribution >= 4 is 11.7 Å². The van der Waals surface area contributed by atoms with Gasteiger partial charge in [-0.15, -0.1) is 0 Å². The number of carboxylic acids is 1. The maximum Gasteiger partial charge on any atom is 0.341 e. The summed E-state index contributed by atoms with van der Waals surface area (Å²) in [7, 11) is 0. The molecule has 0 aromatic heterocycles. The third-order valence-electron chi connectivity index (χ3n) is 2.25. The van der Waals surface area contributed by atoms with Crippen molar-refractivity contribution in [3.05, 3.63) is 24.3 Å². The Bertz CT molecular complexity index is 352. The van der Waals surface area contributed by atoms with Crippen LogP contribution in [0.3, 0.4) is 0 Å². The highest BCUT2D eigenvalue weighted by molar-refractivity contribution is 5.69. The zero-order valence-electron chi connectivity index (χ0n) is 9.56. The normalized spacial score (nSPS) is 11.9. The van der Waals surface area contributed by atoms with Gasteiger partial charge in [-0.1, -0.05) is 19.1 Å². The van der Waals surface area contributed by atoms with E-state index in [0.29, 0.717) is 11.8 Å². The van der Waals surface area contributed by atoms with Gasteiger partial charge in [-0.25, -0.2) is 4.79 Å². The summed E-state index contributed by atoms with van der Waals surface area (Å²) >= 11 is 0. The molecule has 4 nitrogen and oxygen atoms in total. The standard InChI is InChI=1S/C12H17NO3/c1-3-9(2)13-10-6-4-5-7-11(10)16-8-12(14)15/h4-7,9,13H,3,8H2,1-2H3,(H,14,15). The summed E-state index contributed by atoms with van der Waals surface area (Å²) in [6.07, 6.45) is 0.993.